The zero-order valence-electron chi connectivity index (χ0n) is 18.2. The molecule has 0 spiro atoms. The Morgan fingerprint density at radius 2 is 1.74 bits per heavy atom. The summed E-state index contributed by atoms with van der Waals surface area (Å²) in [5.74, 6) is 0.353. The van der Waals surface area contributed by atoms with Crippen LogP contribution in [-0.4, -0.2) is 56.3 Å². The van der Waals surface area contributed by atoms with Crippen molar-refractivity contribution in [3.63, 3.8) is 0 Å². The molecule has 4 rings (SSSR count). The van der Waals surface area contributed by atoms with Crippen LogP contribution in [0.4, 0.5) is 24.5 Å². The first-order valence-electron chi connectivity index (χ1n) is 11.2. The van der Waals surface area contributed by atoms with E-state index in [0.29, 0.717) is 17.2 Å². The van der Waals surface area contributed by atoms with E-state index in [-0.39, 0.29) is 12.5 Å². The summed E-state index contributed by atoms with van der Waals surface area (Å²) in [5.41, 5.74) is 2.17. The van der Waals surface area contributed by atoms with E-state index in [1.165, 1.54) is 11.3 Å². The Morgan fingerprint density at radius 3 is 2.48 bits per heavy atom. The molecule has 1 amide bonds. The fourth-order valence-electron chi connectivity index (χ4n) is 4.64. The van der Waals surface area contributed by atoms with Crippen LogP contribution < -0.4 is 9.80 Å². The largest absolute Gasteiger partial charge is 0.390 e. The molecule has 0 bridgehead atoms. The average Bonchev–Trinajstić information content (AvgIpc) is 2.86. The number of halogens is 3. The van der Waals surface area contributed by atoms with Crippen LogP contribution in [0.3, 0.4) is 0 Å². The van der Waals surface area contributed by atoms with E-state index in [2.05, 4.69) is 23.6 Å². The number of hydrogen-bond donors (Lipinski definition) is 0. The summed E-state index contributed by atoms with van der Waals surface area (Å²) in [5, 5.41) is 1.74. The van der Waals surface area contributed by atoms with Gasteiger partial charge in [0, 0.05) is 48.2 Å². The Labute approximate surface area is 181 Å². The van der Waals surface area contributed by atoms with Crippen molar-refractivity contribution >= 4 is 28.1 Å². The van der Waals surface area contributed by atoms with Crippen molar-refractivity contribution in [2.75, 3.05) is 49.1 Å². The average molecular weight is 434 g/mol. The molecule has 0 aliphatic carbocycles. The number of anilines is 2. The van der Waals surface area contributed by atoms with E-state index in [1.54, 1.807) is 6.07 Å². The molecule has 1 saturated heterocycles. The van der Waals surface area contributed by atoms with Crippen molar-refractivity contribution in [3.05, 3.63) is 35.9 Å². The lowest BCUT2D eigenvalue weighted by Crippen LogP contribution is -2.32. The van der Waals surface area contributed by atoms with Gasteiger partial charge in [-0.15, -0.1) is 0 Å². The third kappa shape index (κ3) is 4.66. The minimum absolute atomic E-state index is 0.335. The molecule has 0 radical (unpaired) electrons. The quantitative estimate of drug-likeness (QED) is 0.618. The number of rotatable bonds is 6. The van der Waals surface area contributed by atoms with E-state index >= 15 is 0 Å². The normalized spacial score (nSPS) is 17.8. The molecule has 0 N–H and O–H groups in total. The summed E-state index contributed by atoms with van der Waals surface area (Å²) in [6.07, 6.45) is -3.04. The molecule has 168 valence electrons. The van der Waals surface area contributed by atoms with Gasteiger partial charge in [0.15, 0.2) is 0 Å². The smallest absolute Gasteiger partial charge is 0.370 e. The Balaban J connectivity index is 1.59. The number of nitrogens with zero attached hydrogens (tertiary/aromatic N) is 3. The molecule has 2 aromatic rings. The Morgan fingerprint density at radius 1 is 0.968 bits per heavy atom. The zero-order chi connectivity index (χ0) is 22.2. The van der Waals surface area contributed by atoms with Crippen molar-refractivity contribution in [2.45, 2.75) is 39.3 Å². The van der Waals surface area contributed by atoms with Gasteiger partial charge in [0.25, 0.3) is 5.91 Å². The van der Waals surface area contributed by atoms with Gasteiger partial charge in [-0.05, 0) is 50.0 Å². The van der Waals surface area contributed by atoms with Gasteiger partial charge in [-0.25, -0.2) is 0 Å². The van der Waals surface area contributed by atoms with E-state index < -0.39 is 12.6 Å². The molecule has 2 aliphatic rings. The summed E-state index contributed by atoms with van der Waals surface area (Å²) in [4.78, 5) is 19.0. The summed E-state index contributed by atoms with van der Waals surface area (Å²) < 4.78 is 38.3. The van der Waals surface area contributed by atoms with Crippen molar-refractivity contribution in [1.82, 2.24) is 4.90 Å². The van der Waals surface area contributed by atoms with Gasteiger partial charge in [-0.3, -0.25) is 4.79 Å². The number of carbonyl (C=O) groups excluding carboxylic acids is 1. The van der Waals surface area contributed by atoms with Gasteiger partial charge in [-0.1, -0.05) is 26.0 Å². The van der Waals surface area contributed by atoms with Crippen LogP contribution in [0.1, 0.15) is 43.5 Å². The maximum Gasteiger partial charge on any atom is 0.390 e. The second kappa shape index (κ2) is 8.69. The lowest BCUT2D eigenvalue weighted by molar-refractivity contribution is -0.132. The second-order valence-electron chi connectivity index (χ2n) is 9.02. The van der Waals surface area contributed by atoms with Crippen molar-refractivity contribution in [2.24, 2.45) is 5.92 Å². The fourth-order valence-corrected chi connectivity index (χ4v) is 4.64. The second-order valence-corrected chi connectivity index (χ2v) is 9.02. The topological polar surface area (TPSA) is 26.8 Å². The lowest BCUT2D eigenvalue weighted by atomic mass is 10.0. The van der Waals surface area contributed by atoms with Gasteiger partial charge in [-0.2, -0.15) is 13.2 Å². The van der Waals surface area contributed by atoms with E-state index in [1.807, 2.05) is 24.3 Å². The molecule has 2 heterocycles. The van der Waals surface area contributed by atoms with Crippen LogP contribution in [-0.2, 0) is 0 Å². The summed E-state index contributed by atoms with van der Waals surface area (Å²) in [6, 6.07) is 9.35. The molecule has 0 aromatic heterocycles. The molecule has 4 nitrogen and oxygen atoms in total. The van der Waals surface area contributed by atoms with Crippen LogP contribution in [0.25, 0.3) is 10.8 Å². The highest BCUT2D eigenvalue weighted by molar-refractivity contribution is 6.26. The first-order chi connectivity index (χ1) is 14.7. The van der Waals surface area contributed by atoms with Crippen molar-refractivity contribution < 1.29 is 18.0 Å². The fraction of sp³-hybridized carbons (Fsp3) is 0.542. The predicted molar refractivity (Wildman–Crippen MR) is 119 cm³/mol. The molecule has 0 unspecified atom stereocenters. The highest BCUT2D eigenvalue weighted by Gasteiger charge is 2.35. The van der Waals surface area contributed by atoms with Crippen LogP contribution in [0.5, 0.6) is 0 Å². The first-order valence-corrected chi connectivity index (χ1v) is 11.2. The third-order valence-electron chi connectivity index (χ3n) is 6.33. The van der Waals surface area contributed by atoms with Crippen LogP contribution >= 0.6 is 0 Å². The predicted octanol–water partition coefficient (Wildman–Crippen LogP) is 5.31. The molecular weight excluding hydrogens is 403 g/mol. The van der Waals surface area contributed by atoms with Gasteiger partial charge in [0.1, 0.15) is 0 Å². The molecule has 0 saturated carbocycles. The number of hydrogen-bond acceptors (Lipinski definition) is 3. The minimum Gasteiger partial charge on any atom is -0.370 e. The highest BCUT2D eigenvalue weighted by Crippen LogP contribution is 2.42. The maximum absolute atomic E-state index is 12.8. The monoisotopic (exact) mass is 433 g/mol. The Hall–Kier alpha value is -2.28. The zero-order valence-corrected chi connectivity index (χ0v) is 18.2. The standard InChI is InChI=1S/C24H30F3N3O/c1-17(2)9-13-28-11-4-12-29(16-15-28)20-7-8-21-22-18(20)5-3-6-19(22)23(31)30(21)14-10-24(25,26)27/h3,5-8,17H,4,9-16H2,1-2H3. The lowest BCUT2D eigenvalue weighted by Gasteiger charge is -2.26. The van der Waals surface area contributed by atoms with Crippen molar-refractivity contribution in [3.8, 4) is 0 Å². The van der Waals surface area contributed by atoms with Gasteiger partial charge in [0.2, 0.25) is 0 Å². The van der Waals surface area contributed by atoms with E-state index in [9.17, 15) is 18.0 Å². The molecule has 2 aromatic carbocycles. The van der Waals surface area contributed by atoms with Crippen LogP contribution in [0.15, 0.2) is 30.3 Å². The van der Waals surface area contributed by atoms with Crippen LogP contribution in [0, 0.1) is 5.92 Å². The summed E-state index contributed by atoms with van der Waals surface area (Å²) in [6.45, 7) is 9.16. The van der Waals surface area contributed by atoms with E-state index in [0.717, 1.165) is 55.6 Å². The maximum atomic E-state index is 12.8. The van der Waals surface area contributed by atoms with E-state index in [4.69, 9.17) is 0 Å². The van der Waals surface area contributed by atoms with Gasteiger partial charge < -0.3 is 14.7 Å². The molecule has 1 fully saturated rings. The Bertz CT molecular complexity index is 957. The number of alkyl halides is 3. The Kier molecular flexibility index (Phi) is 6.15. The van der Waals surface area contributed by atoms with Crippen molar-refractivity contribution in [1.29, 1.82) is 0 Å². The summed E-state index contributed by atoms with van der Waals surface area (Å²) >= 11 is 0. The molecule has 7 heteroatoms. The van der Waals surface area contributed by atoms with Crippen LogP contribution in [0.2, 0.25) is 0 Å². The molecule has 2 aliphatic heterocycles. The SMILES string of the molecule is CC(C)CCN1CCCN(c2ccc3c4c(cccc24)C(=O)N3CCC(F)(F)F)CC1. The number of carbonyl (C=O) groups is 1. The van der Waals surface area contributed by atoms with Gasteiger partial charge >= 0.3 is 6.18 Å². The number of amides is 1. The molecular formula is C24H30F3N3O. The molecule has 31 heavy (non-hydrogen) atoms. The highest BCUT2D eigenvalue weighted by atomic mass is 19.4. The third-order valence-corrected chi connectivity index (χ3v) is 6.33. The minimum atomic E-state index is -4.29. The summed E-state index contributed by atoms with van der Waals surface area (Å²) in [7, 11) is 0. The first kappa shape index (κ1) is 21.9. The molecule has 0 atom stereocenters. The number of benzene rings is 2. The van der Waals surface area contributed by atoms with Gasteiger partial charge in [0.05, 0.1) is 12.1 Å².